The second-order valence-electron chi connectivity index (χ2n) is 9.02. The number of amides is 1. The van der Waals surface area contributed by atoms with Gasteiger partial charge in [0, 0.05) is 26.2 Å². The highest BCUT2D eigenvalue weighted by Crippen LogP contribution is 2.20. The van der Waals surface area contributed by atoms with E-state index in [1.807, 2.05) is 12.1 Å². The summed E-state index contributed by atoms with van der Waals surface area (Å²) in [5.41, 5.74) is 3.64. The minimum absolute atomic E-state index is 0.0171. The fraction of sp³-hybridized carbons (Fsp3) is 0.500. The summed E-state index contributed by atoms with van der Waals surface area (Å²) in [5.74, 6) is -0.0414. The molecule has 2 heterocycles. The van der Waals surface area contributed by atoms with Gasteiger partial charge in [0.1, 0.15) is 5.82 Å². The van der Waals surface area contributed by atoms with E-state index in [2.05, 4.69) is 39.4 Å². The van der Waals surface area contributed by atoms with Gasteiger partial charge in [0.2, 0.25) is 5.91 Å². The van der Waals surface area contributed by atoms with Gasteiger partial charge >= 0.3 is 0 Å². The van der Waals surface area contributed by atoms with E-state index in [1.165, 1.54) is 55.6 Å². The van der Waals surface area contributed by atoms with Crippen molar-refractivity contribution in [1.82, 2.24) is 15.1 Å². The summed E-state index contributed by atoms with van der Waals surface area (Å²) >= 11 is 0. The van der Waals surface area contributed by atoms with Crippen LogP contribution in [0.4, 0.5) is 4.39 Å². The lowest BCUT2D eigenvalue weighted by molar-refractivity contribution is -0.126. The maximum absolute atomic E-state index is 13.1. The largest absolute Gasteiger partial charge is 0.352 e. The normalized spacial score (nSPS) is 20.5. The first kappa shape index (κ1) is 22.0. The summed E-state index contributed by atoms with van der Waals surface area (Å²) in [5, 5.41) is 3.20. The molecule has 2 saturated heterocycles. The third kappa shape index (κ3) is 6.37. The minimum Gasteiger partial charge on any atom is -0.352 e. The molecule has 0 unspecified atom stereocenters. The molecule has 2 aromatic rings. The van der Waals surface area contributed by atoms with Crippen molar-refractivity contribution in [2.45, 2.75) is 51.7 Å². The lowest BCUT2D eigenvalue weighted by Gasteiger charge is -2.32. The van der Waals surface area contributed by atoms with Crippen LogP contribution in [0.2, 0.25) is 0 Å². The van der Waals surface area contributed by atoms with Gasteiger partial charge in [-0.3, -0.25) is 14.6 Å². The Kier molecular flexibility index (Phi) is 7.71. The third-order valence-corrected chi connectivity index (χ3v) is 6.61. The Hall–Kier alpha value is -2.24. The first-order valence-corrected chi connectivity index (χ1v) is 11.7. The highest BCUT2D eigenvalue weighted by atomic mass is 19.1. The monoisotopic (exact) mass is 423 g/mol. The number of likely N-dealkylation sites (tertiary alicyclic amines) is 2. The van der Waals surface area contributed by atoms with Gasteiger partial charge in [-0.05, 0) is 74.1 Å². The van der Waals surface area contributed by atoms with Crippen LogP contribution in [0.15, 0.2) is 48.5 Å². The zero-order valence-corrected chi connectivity index (χ0v) is 18.4. The second kappa shape index (κ2) is 10.9. The van der Waals surface area contributed by atoms with Crippen LogP contribution in [0.3, 0.4) is 0 Å². The molecule has 1 amide bonds. The van der Waals surface area contributed by atoms with Gasteiger partial charge in [0.25, 0.3) is 0 Å². The number of nitrogens with one attached hydrogen (secondary N) is 1. The van der Waals surface area contributed by atoms with Crippen molar-refractivity contribution >= 4 is 5.91 Å². The Bertz CT molecular complexity index is 848. The van der Waals surface area contributed by atoms with Gasteiger partial charge in [0.05, 0.1) is 5.92 Å². The number of hydrogen-bond acceptors (Lipinski definition) is 3. The first-order valence-electron chi connectivity index (χ1n) is 11.7. The maximum Gasteiger partial charge on any atom is 0.224 e. The Morgan fingerprint density at radius 2 is 1.58 bits per heavy atom. The number of hydrogen-bond donors (Lipinski definition) is 1. The number of halogens is 1. The van der Waals surface area contributed by atoms with Crippen LogP contribution >= 0.6 is 0 Å². The van der Waals surface area contributed by atoms with Gasteiger partial charge in [-0.15, -0.1) is 0 Å². The third-order valence-electron chi connectivity index (χ3n) is 6.61. The summed E-state index contributed by atoms with van der Waals surface area (Å²) in [7, 11) is 0. The van der Waals surface area contributed by atoms with E-state index in [9.17, 15) is 9.18 Å². The molecule has 0 aromatic heterocycles. The van der Waals surface area contributed by atoms with Gasteiger partial charge in [-0.2, -0.15) is 0 Å². The molecular weight excluding hydrogens is 389 g/mol. The quantitative estimate of drug-likeness (QED) is 0.720. The zero-order valence-electron chi connectivity index (χ0n) is 18.4. The van der Waals surface area contributed by atoms with E-state index in [1.54, 1.807) is 0 Å². The fourth-order valence-corrected chi connectivity index (χ4v) is 4.83. The van der Waals surface area contributed by atoms with Crippen LogP contribution in [0.25, 0.3) is 0 Å². The predicted molar refractivity (Wildman–Crippen MR) is 122 cm³/mol. The zero-order chi connectivity index (χ0) is 21.5. The molecule has 5 heteroatoms. The average molecular weight is 424 g/mol. The van der Waals surface area contributed by atoms with E-state index in [0.29, 0.717) is 6.54 Å². The van der Waals surface area contributed by atoms with Crippen molar-refractivity contribution in [3.8, 4) is 0 Å². The molecule has 31 heavy (non-hydrogen) atoms. The average Bonchev–Trinajstić information content (AvgIpc) is 2.81. The van der Waals surface area contributed by atoms with Crippen molar-refractivity contribution in [3.05, 3.63) is 71.0 Å². The topological polar surface area (TPSA) is 35.6 Å². The molecule has 0 bridgehead atoms. The van der Waals surface area contributed by atoms with E-state index in [-0.39, 0.29) is 17.6 Å². The van der Waals surface area contributed by atoms with E-state index in [0.717, 1.165) is 44.6 Å². The molecule has 1 N–H and O–H groups in total. The molecular formula is C26H34FN3O. The van der Waals surface area contributed by atoms with Gasteiger partial charge < -0.3 is 5.32 Å². The lowest BCUT2D eigenvalue weighted by atomic mass is 9.96. The van der Waals surface area contributed by atoms with E-state index in [4.69, 9.17) is 0 Å². The molecule has 2 aliphatic heterocycles. The molecule has 2 fully saturated rings. The predicted octanol–water partition coefficient (Wildman–Crippen LogP) is 4.34. The molecule has 0 saturated carbocycles. The number of benzene rings is 2. The van der Waals surface area contributed by atoms with Crippen LogP contribution in [-0.4, -0.2) is 41.9 Å². The molecule has 1 atom stereocenters. The van der Waals surface area contributed by atoms with Crippen LogP contribution in [0.5, 0.6) is 0 Å². The molecule has 166 valence electrons. The van der Waals surface area contributed by atoms with Crippen LogP contribution in [0.1, 0.15) is 48.8 Å². The molecule has 2 aromatic carbocycles. The summed E-state index contributed by atoms with van der Waals surface area (Å²) in [6, 6.07) is 15.2. The summed E-state index contributed by atoms with van der Waals surface area (Å²) in [4.78, 5) is 17.8. The Morgan fingerprint density at radius 1 is 0.871 bits per heavy atom. The van der Waals surface area contributed by atoms with E-state index >= 15 is 0 Å². The maximum atomic E-state index is 13.1. The summed E-state index contributed by atoms with van der Waals surface area (Å²) in [6.07, 6.45) is 5.86. The van der Waals surface area contributed by atoms with E-state index < -0.39 is 0 Å². The standard InChI is InChI=1S/C26H34FN3O/c27-25-12-10-21(11-13-25)18-30-16-6-9-24(20-30)26(31)28-17-22-7-2-3-8-23(22)19-29-14-4-1-5-15-29/h2-3,7-8,10-13,24H,1,4-6,9,14-20H2,(H,28,31)/t24-/m1/s1. The Morgan fingerprint density at radius 3 is 2.35 bits per heavy atom. The van der Waals surface area contributed by atoms with Crippen LogP contribution in [-0.2, 0) is 24.4 Å². The van der Waals surface area contributed by atoms with Gasteiger partial charge in [0.15, 0.2) is 0 Å². The molecule has 0 spiro atoms. The highest BCUT2D eigenvalue weighted by molar-refractivity contribution is 5.79. The summed E-state index contributed by atoms with van der Waals surface area (Å²) in [6.45, 7) is 6.43. The Balaban J connectivity index is 1.29. The molecule has 0 aliphatic carbocycles. The molecule has 4 rings (SSSR count). The molecule has 0 radical (unpaired) electrons. The summed E-state index contributed by atoms with van der Waals surface area (Å²) < 4.78 is 13.1. The number of rotatable bonds is 7. The van der Waals surface area contributed by atoms with Crippen molar-refractivity contribution < 1.29 is 9.18 Å². The number of carbonyl (C=O) groups is 1. The van der Waals surface area contributed by atoms with Gasteiger partial charge in [-0.1, -0.05) is 42.8 Å². The Labute approximate surface area is 185 Å². The number of nitrogens with zero attached hydrogens (tertiary/aromatic N) is 2. The van der Waals surface area contributed by atoms with Crippen LogP contribution < -0.4 is 5.32 Å². The minimum atomic E-state index is -0.208. The highest BCUT2D eigenvalue weighted by Gasteiger charge is 2.25. The SMILES string of the molecule is O=C(NCc1ccccc1CN1CCCCC1)[C@@H]1CCCN(Cc2ccc(F)cc2)C1. The first-order chi connectivity index (χ1) is 15.2. The second-order valence-corrected chi connectivity index (χ2v) is 9.02. The number of carbonyl (C=O) groups excluding carboxylic acids is 1. The molecule has 2 aliphatic rings. The fourth-order valence-electron chi connectivity index (χ4n) is 4.83. The van der Waals surface area contributed by atoms with Crippen molar-refractivity contribution in [2.24, 2.45) is 5.92 Å². The smallest absolute Gasteiger partial charge is 0.224 e. The number of piperidine rings is 2. The molecule has 4 nitrogen and oxygen atoms in total. The van der Waals surface area contributed by atoms with Crippen molar-refractivity contribution in [3.63, 3.8) is 0 Å². The van der Waals surface area contributed by atoms with Crippen molar-refractivity contribution in [1.29, 1.82) is 0 Å². The van der Waals surface area contributed by atoms with Crippen LogP contribution in [0, 0.1) is 11.7 Å². The van der Waals surface area contributed by atoms with Crippen molar-refractivity contribution in [2.75, 3.05) is 26.2 Å². The lowest BCUT2D eigenvalue weighted by Crippen LogP contribution is -2.42. The van der Waals surface area contributed by atoms with Gasteiger partial charge in [-0.25, -0.2) is 4.39 Å².